The highest BCUT2D eigenvalue weighted by atomic mass is 28.3. The van der Waals surface area contributed by atoms with Crippen molar-refractivity contribution in [1.82, 2.24) is 0 Å². The van der Waals surface area contributed by atoms with E-state index in [1.165, 1.54) is 33.0 Å². The lowest BCUT2D eigenvalue weighted by molar-refractivity contribution is 0.0998. The zero-order chi connectivity index (χ0) is 19.3. The number of hydrogen-bond donors (Lipinski definition) is 1. The van der Waals surface area contributed by atoms with E-state index in [0.717, 1.165) is 5.56 Å². The number of benzene rings is 1. The van der Waals surface area contributed by atoms with E-state index < -0.39 is 8.80 Å². The topological polar surface area (TPSA) is 43.1 Å². The van der Waals surface area contributed by atoms with Gasteiger partial charge in [-0.3, -0.25) is 4.79 Å². The first-order valence-corrected chi connectivity index (χ1v) is 12.1. The summed E-state index contributed by atoms with van der Waals surface area (Å²) < 4.78 is 0. The molecular formula is C22H33NOSi. The van der Waals surface area contributed by atoms with Crippen molar-refractivity contribution in [1.29, 1.82) is 0 Å². The molecule has 1 unspecified atom stereocenters. The number of hydrogen-bond acceptors (Lipinski definition) is 1. The van der Waals surface area contributed by atoms with Gasteiger partial charge in [0.05, 0.1) is 8.80 Å². The van der Waals surface area contributed by atoms with Crippen LogP contribution in [0.5, 0.6) is 0 Å². The van der Waals surface area contributed by atoms with Gasteiger partial charge in [-0.1, -0.05) is 57.6 Å². The third kappa shape index (κ3) is 3.26. The van der Waals surface area contributed by atoms with Crippen LogP contribution in [-0.4, -0.2) is 14.7 Å². The van der Waals surface area contributed by atoms with Crippen LogP contribution in [0.2, 0.25) is 13.1 Å². The molecule has 2 N–H and O–H groups in total. The van der Waals surface area contributed by atoms with E-state index in [1.807, 2.05) is 6.07 Å². The highest BCUT2D eigenvalue weighted by Gasteiger charge is 2.33. The van der Waals surface area contributed by atoms with Crippen LogP contribution in [0, 0.1) is 5.92 Å². The van der Waals surface area contributed by atoms with Crippen LogP contribution in [0.1, 0.15) is 70.0 Å². The van der Waals surface area contributed by atoms with E-state index in [0.29, 0.717) is 11.5 Å². The Morgan fingerprint density at radius 3 is 2.00 bits per heavy atom. The van der Waals surface area contributed by atoms with E-state index in [1.54, 1.807) is 0 Å². The van der Waals surface area contributed by atoms with Gasteiger partial charge in [0.1, 0.15) is 0 Å². The number of nitrogens with two attached hydrogens (primary N) is 1. The standard InChI is InChI=1S/C22H33NOSi/c1-12-13(2)15(4)18(14(12)3)19-17(25(8)9)11-10-16(21(23)24)20(19)22(5,6)7/h10-11,14,25H,1-9H3,(H2,23,24). The van der Waals surface area contributed by atoms with Gasteiger partial charge in [0.25, 0.3) is 0 Å². The maximum atomic E-state index is 12.2. The maximum absolute atomic E-state index is 12.2. The van der Waals surface area contributed by atoms with Crippen molar-refractivity contribution in [3.05, 3.63) is 45.5 Å². The molecule has 0 bridgehead atoms. The van der Waals surface area contributed by atoms with Crippen molar-refractivity contribution in [2.24, 2.45) is 11.7 Å². The molecule has 136 valence electrons. The minimum atomic E-state index is -1.08. The summed E-state index contributed by atoms with van der Waals surface area (Å²) in [5.74, 6) is 0.0594. The van der Waals surface area contributed by atoms with Gasteiger partial charge in [-0.2, -0.15) is 0 Å². The minimum absolute atomic E-state index is 0.142. The first kappa shape index (κ1) is 19.7. The normalized spacial score (nSPS) is 18.6. The summed E-state index contributed by atoms with van der Waals surface area (Å²) in [5.41, 5.74) is 14.3. The van der Waals surface area contributed by atoms with Gasteiger partial charge in [-0.05, 0) is 60.1 Å². The van der Waals surface area contributed by atoms with Crippen LogP contribution in [0.25, 0.3) is 5.57 Å². The average molecular weight is 356 g/mol. The second-order valence-corrected chi connectivity index (χ2v) is 11.7. The zero-order valence-electron chi connectivity index (χ0n) is 17.3. The SMILES string of the molecule is CC1=C(C)C(C)C(c2c([SiH](C)C)ccc(C(N)=O)c2C(C)(C)C)=C1C. The molecule has 1 aromatic carbocycles. The molecule has 2 rings (SSSR count). The fourth-order valence-electron chi connectivity index (χ4n) is 4.14. The van der Waals surface area contributed by atoms with E-state index in [-0.39, 0.29) is 11.3 Å². The number of carbonyl (C=O) groups is 1. The van der Waals surface area contributed by atoms with Crippen LogP contribution < -0.4 is 10.9 Å². The molecule has 0 aromatic heterocycles. The first-order chi connectivity index (χ1) is 11.4. The van der Waals surface area contributed by atoms with Gasteiger partial charge in [0.2, 0.25) is 5.91 Å². The molecule has 0 radical (unpaired) electrons. The second-order valence-electron chi connectivity index (χ2n) is 8.79. The van der Waals surface area contributed by atoms with Crippen LogP contribution in [0.3, 0.4) is 0 Å². The zero-order valence-corrected chi connectivity index (χ0v) is 18.4. The molecule has 0 fully saturated rings. The van der Waals surface area contributed by atoms with Crippen molar-refractivity contribution in [2.75, 3.05) is 0 Å². The highest BCUT2D eigenvalue weighted by molar-refractivity contribution is 6.71. The molecule has 1 aliphatic carbocycles. The van der Waals surface area contributed by atoms with Crippen LogP contribution in [0.4, 0.5) is 0 Å². The Bertz CT molecular complexity index is 791. The van der Waals surface area contributed by atoms with Crippen LogP contribution >= 0.6 is 0 Å². The summed E-state index contributed by atoms with van der Waals surface area (Å²) in [4.78, 5) is 12.2. The quantitative estimate of drug-likeness (QED) is 0.795. The van der Waals surface area contributed by atoms with E-state index in [9.17, 15) is 4.79 Å². The Labute approximate surface area is 154 Å². The Balaban J connectivity index is 2.98. The summed E-state index contributed by atoms with van der Waals surface area (Å²) in [5, 5.41) is 1.44. The lowest BCUT2D eigenvalue weighted by Gasteiger charge is -2.31. The van der Waals surface area contributed by atoms with Crippen molar-refractivity contribution >= 4 is 25.5 Å². The number of rotatable bonds is 3. The van der Waals surface area contributed by atoms with Crippen molar-refractivity contribution in [3.8, 4) is 0 Å². The fraction of sp³-hybridized carbons (Fsp3) is 0.500. The molecule has 0 saturated heterocycles. The third-order valence-electron chi connectivity index (χ3n) is 5.78. The van der Waals surface area contributed by atoms with Crippen molar-refractivity contribution in [2.45, 2.75) is 67.0 Å². The molecule has 0 spiro atoms. The molecule has 0 aliphatic heterocycles. The lowest BCUT2D eigenvalue weighted by Crippen LogP contribution is -2.34. The largest absolute Gasteiger partial charge is 0.366 e. The highest BCUT2D eigenvalue weighted by Crippen LogP contribution is 2.45. The molecule has 0 saturated carbocycles. The van der Waals surface area contributed by atoms with Gasteiger partial charge >= 0.3 is 0 Å². The summed E-state index contributed by atoms with van der Waals surface area (Å²) in [6.07, 6.45) is 0. The second kappa shape index (κ2) is 6.60. The van der Waals surface area contributed by atoms with Gasteiger partial charge in [0, 0.05) is 11.5 Å². The third-order valence-corrected chi connectivity index (χ3v) is 7.51. The Hall–Kier alpha value is -1.61. The van der Waals surface area contributed by atoms with Crippen molar-refractivity contribution in [3.63, 3.8) is 0 Å². The Morgan fingerprint density at radius 2 is 1.64 bits per heavy atom. The fourth-order valence-corrected chi connectivity index (χ4v) is 5.50. The Morgan fingerprint density at radius 1 is 1.08 bits per heavy atom. The predicted molar refractivity (Wildman–Crippen MR) is 112 cm³/mol. The van der Waals surface area contributed by atoms with E-state index in [4.69, 9.17) is 5.73 Å². The number of primary amides is 1. The first-order valence-electron chi connectivity index (χ1n) is 9.25. The monoisotopic (exact) mass is 355 g/mol. The molecule has 0 heterocycles. The van der Waals surface area contributed by atoms with Gasteiger partial charge in [0.15, 0.2) is 0 Å². The summed E-state index contributed by atoms with van der Waals surface area (Å²) in [6.45, 7) is 20.3. The molecule has 1 aromatic rings. The summed E-state index contributed by atoms with van der Waals surface area (Å²) >= 11 is 0. The molecule has 1 atom stereocenters. The molecule has 3 heteroatoms. The summed E-state index contributed by atoms with van der Waals surface area (Å²) in [6, 6.07) is 4.12. The van der Waals surface area contributed by atoms with Gasteiger partial charge in [-0.25, -0.2) is 0 Å². The molecule has 2 nitrogen and oxygen atoms in total. The molecular weight excluding hydrogens is 322 g/mol. The maximum Gasteiger partial charge on any atom is 0.249 e. The lowest BCUT2D eigenvalue weighted by atomic mass is 9.76. The number of allylic oxidation sites excluding steroid dienone is 4. The number of amides is 1. The summed E-state index contributed by atoms with van der Waals surface area (Å²) in [7, 11) is -1.08. The van der Waals surface area contributed by atoms with Gasteiger partial charge < -0.3 is 5.73 Å². The average Bonchev–Trinajstić information content (AvgIpc) is 2.68. The predicted octanol–water partition coefficient (Wildman–Crippen LogP) is 4.54. The van der Waals surface area contributed by atoms with Crippen LogP contribution in [0.15, 0.2) is 28.9 Å². The van der Waals surface area contributed by atoms with Gasteiger partial charge in [-0.15, -0.1) is 0 Å². The van der Waals surface area contributed by atoms with Crippen molar-refractivity contribution < 1.29 is 4.79 Å². The van der Waals surface area contributed by atoms with E-state index in [2.05, 4.69) is 67.6 Å². The molecule has 25 heavy (non-hydrogen) atoms. The number of carbonyl (C=O) groups excluding carboxylic acids is 1. The van der Waals surface area contributed by atoms with Crippen LogP contribution in [-0.2, 0) is 5.41 Å². The molecule has 1 aliphatic rings. The minimum Gasteiger partial charge on any atom is -0.366 e. The Kier molecular flexibility index (Phi) is 5.20. The van der Waals surface area contributed by atoms with E-state index >= 15 is 0 Å². The smallest absolute Gasteiger partial charge is 0.249 e. The molecule has 1 amide bonds.